The summed E-state index contributed by atoms with van der Waals surface area (Å²) in [4.78, 5) is 2.49. The lowest BCUT2D eigenvalue weighted by Crippen LogP contribution is -2.31. The van der Waals surface area contributed by atoms with Gasteiger partial charge in [0.2, 0.25) is 4.47 Å². The molecule has 1 aliphatic rings. The van der Waals surface area contributed by atoms with Crippen LogP contribution in [0.2, 0.25) is 4.47 Å². The molecule has 3 nitrogen and oxygen atoms in total. The Morgan fingerprint density at radius 2 is 2.27 bits per heavy atom. The topological polar surface area (TPSA) is 29.0 Å². The molecule has 0 amide bonds. The Bertz CT molecular complexity index is 315. The van der Waals surface area contributed by atoms with E-state index in [1.807, 2.05) is 0 Å². The van der Waals surface area contributed by atoms with Crippen LogP contribution >= 0.6 is 22.9 Å². The average molecular weight is 246 g/mol. The van der Waals surface area contributed by atoms with Gasteiger partial charge >= 0.3 is 0 Å². The van der Waals surface area contributed by atoms with Gasteiger partial charge in [-0.15, -0.1) is 10.2 Å². The highest BCUT2D eigenvalue weighted by molar-refractivity contribution is 7.15. The number of aromatic nitrogens is 2. The molecule has 15 heavy (non-hydrogen) atoms. The normalized spacial score (nSPS) is 24.0. The van der Waals surface area contributed by atoms with Gasteiger partial charge in [0.15, 0.2) is 0 Å². The van der Waals surface area contributed by atoms with Gasteiger partial charge in [0, 0.05) is 6.04 Å². The SMILES string of the molecule is CC1CCCCCN1Cc1nnc(Cl)s1. The lowest BCUT2D eigenvalue weighted by Gasteiger charge is -2.25. The summed E-state index contributed by atoms with van der Waals surface area (Å²) in [6.07, 6.45) is 5.32. The van der Waals surface area contributed by atoms with Gasteiger partial charge in [0.1, 0.15) is 5.01 Å². The first-order valence-corrected chi connectivity index (χ1v) is 6.67. The Labute approximate surface area is 99.5 Å². The molecule has 0 saturated carbocycles. The Morgan fingerprint density at radius 1 is 1.40 bits per heavy atom. The van der Waals surface area contributed by atoms with Crippen LogP contribution in [0.25, 0.3) is 0 Å². The largest absolute Gasteiger partial charge is 0.294 e. The zero-order chi connectivity index (χ0) is 10.7. The van der Waals surface area contributed by atoms with Crippen molar-refractivity contribution in [2.24, 2.45) is 0 Å². The van der Waals surface area contributed by atoms with E-state index in [0.29, 0.717) is 10.5 Å². The molecule has 84 valence electrons. The Hall–Kier alpha value is -0.190. The lowest BCUT2D eigenvalue weighted by molar-refractivity contribution is 0.204. The quantitative estimate of drug-likeness (QED) is 0.802. The van der Waals surface area contributed by atoms with Crippen LogP contribution in [0.5, 0.6) is 0 Å². The zero-order valence-corrected chi connectivity index (χ0v) is 10.5. The van der Waals surface area contributed by atoms with E-state index in [4.69, 9.17) is 11.6 Å². The van der Waals surface area contributed by atoms with E-state index in [-0.39, 0.29) is 0 Å². The molecule has 1 atom stereocenters. The molecule has 2 heterocycles. The van der Waals surface area contributed by atoms with Crippen LogP contribution in [0.4, 0.5) is 0 Å². The number of nitrogens with zero attached hydrogens (tertiary/aromatic N) is 3. The molecular formula is C10H16ClN3S. The summed E-state index contributed by atoms with van der Waals surface area (Å²) in [5, 5.41) is 8.94. The first-order valence-electron chi connectivity index (χ1n) is 5.47. The third-order valence-electron chi connectivity index (χ3n) is 2.97. The van der Waals surface area contributed by atoms with Crippen molar-refractivity contribution in [3.05, 3.63) is 9.47 Å². The Balaban J connectivity index is 1.97. The lowest BCUT2D eigenvalue weighted by atomic mass is 10.1. The Morgan fingerprint density at radius 3 is 3.00 bits per heavy atom. The highest BCUT2D eigenvalue weighted by atomic mass is 35.5. The maximum absolute atomic E-state index is 5.77. The van der Waals surface area contributed by atoms with E-state index in [9.17, 15) is 0 Å². The van der Waals surface area contributed by atoms with E-state index in [1.54, 1.807) is 0 Å². The summed E-state index contributed by atoms with van der Waals surface area (Å²) < 4.78 is 0.549. The molecule has 1 unspecified atom stereocenters. The van der Waals surface area contributed by atoms with Gasteiger partial charge in [-0.3, -0.25) is 4.90 Å². The molecule has 0 aromatic carbocycles. The first-order chi connectivity index (χ1) is 7.25. The molecule has 0 spiro atoms. The van der Waals surface area contributed by atoms with Crippen molar-refractivity contribution < 1.29 is 0 Å². The van der Waals surface area contributed by atoms with Gasteiger partial charge in [-0.2, -0.15) is 0 Å². The van der Waals surface area contributed by atoms with Crippen molar-refractivity contribution in [2.45, 2.75) is 45.2 Å². The fourth-order valence-electron chi connectivity index (χ4n) is 2.04. The highest BCUT2D eigenvalue weighted by Gasteiger charge is 2.18. The predicted octanol–water partition coefficient (Wildman–Crippen LogP) is 2.96. The van der Waals surface area contributed by atoms with Crippen LogP contribution < -0.4 is 0 Å². The molecule has 0 bridgehead atoms. The second kappa shape index (κ2) is 5.23. The fraction of sp³-hybridized carbons (Fsp3) is 0.800. The summed E-state index contributed by atoms with van der Waals surface area (Å²) in [5.41, 5.74) is 0. The van der Waals surface area contributed by atoms with Crippen LogP contribution in [0.15, 0.2) is 0 Å². The van der Waals surface area contributed by atoms with E-state index >= 15 is 0 Å². The van der Waals surface area contributed by atoms with Crippen molar-refractivity contribution in [3.8, 4) is 0 Å². The molecular weight excluding hydrogens is 230 g/mol. The summed E-state index contributed by atoms with van der Waals surface area (Å²) in [5.74, 6) is 0. The molecule has 2 rings (SSSR count). The van der Waals surface area contributed by atoms with Gasteiger partial charge in [-0.1, -0.05) is 24.2 Å². The molecule has 1 aliphatic heterocycles. The van der Waals surface area contributed by atoms with Crippen LogP contribution in [0.1, 0.15) is 37.6 Å². The molecule has 0 radical (unpaired) electrons. The van der Waals surface area contributed by atoms with Crippen molar-refractivity contribution in [1.82, 2.24) is 15.1 Å². The second-order valence-electron chi connectivity index (χ2n) is 4.12. The van der Waals surface area contributed by atoms with Gasteiger partial charge in [-0.25, -0.2) is 0 Å². The number of hydrogen-bond donors (Lipinski definition) is 0. The minimum absolute atomic E-state index is 0.549. The zero-order valence-electron chi connectivity index (χ0n) is 8.95. The van der Waals surface area contributed by atoms with Crippen LogP contribution in [0, 0.1) is 0 Å². The monoisotopic (exact) mass is 245 g/mol. The van der Waals surface area contributed by atoms with Gasteiger partial charge in [-0.05, 0) is 37.9 Å². The maximum Gasteiger partial charge on any atom is 0.207 e. The Kier molecular flexibility index (Phi) is 3.94. The minimum atomic E-state index is 0.549. The summed E-state index contributed by atoms with van der Waals surface area (Å²) in [7, 11) is 0. The second-order valence-corrected chi connectivity index (χ2v) is 5.76. The van der Waals surface area contributed by atoms with Crippen molar-refractivity contribution in [2.75, 3.05) is 6.54 Å². The highest BCUT2D eigenvalue weighted by Crippen LogP contribution is 2.21. The fourth-order valence-corrected chi connectivity index (χ4v) is 2.93. The summed E-state index contributed by atoms with van der Waals surface area (Å²) in [6.45, 7) is 4.39. The first kappa shape index (κ1) is 11.3. The minimum Gasteiger partial charge on any atom is -0.294 e. The number of likely N-dealkylation sites (tertiary alicyclic amines) is 1. The van der Waals surface area contributed by atoms with Crippen molar-refractivity contribution in [3.63, 3.8) is 0 Å². The predicted molar refractivity (Wildman–Crippen MR) is 63.3 cm³/mol. The van der Waals surface area contributed by atoms with Crippen LogP contribution in [-0.4, -0.2) is 27.7 Å². The van der Waals surface area contributed by atoms with E-state index in [0.717, 1.165) is 11.6 Å². The number of rotatable bonds is 2. The van der Waals surface area contributed by atoms with Crippen molar-refractivity contribution >= 4 is 22.9 Å². The van der Waals surface area contributed by atoms with Gasteiger partial charge in [0.05, 0.1) is 6.54 Å². The van der Waals surface area contributed by atoms with E-state index in [2.05, 4.69) is 22.0 Å². The molecule has 1 aromatic rings. The average Bonchev–Trinajstić information content (AvgIpc) is 2.50. The van der Waals surface area contributed by atoms with Crippen molar-refractivity contribution in [1.29, 1.82) is 0 Å². The molecule has 1 aromatic heterocycles. The molecule has 0 N–H and O–H groups in total. The van der Waals surface area contributed by atoms with Gasteiger partial charge < -0.3 is 0 Å². The van der Waals surface area contributed by atoms with E-state index in [1.165, 1.54) is 43.6 Å². The third kappa shape index (κ3) is 3.13. The van der Waals surface area contributed by atoms with E-state index < -0.39 is 0 Å². The molecule has 1 saturated heterocycles. The summed E-state index contributed by atoms with van der Waals surface area (Å²) >= 11 is 7.26. The van der Waals surface area contributed by atoms with Gasteiger partial charge in [0.25, 0.3) is 0 Å². The third-order valence-corrected chi connectivity index (χ3v) is 3.97. The number of halogens is 1. The maximum atomic E-state index is 5.77. The summed E-state index contributed by atoms with van der Waals surface area (Å²) in [6, 6.07) is 0.662. The molecule has 1 fully saturated rings. The standard InChI is InChI=1S/C10H16ClN3S/c1-8-5-3-2-4-6-14(8)7-9-12-13-10(11)15-9/h8H,2-7H2,1H3. The van der Waals surface area contributed by atoms with Crippen LogP contribution in [-0.2, 0) is 6.54 Å². The van der Waals surface area contributed by atoms with Crippen LogP contribution in [0.3, 0.4) is 0 Å². The smallest absolute Gasteiger partial charge is 0.207 e. The molecule has 5 heteroatoms. The number of hydrogen-bond acceptors (Lipinski definition) is 4. The molecule has 0 aliphatic carbocycles.